The molecule has 0 bridgehead atoms. The molecule has 0 unspecified atom stereocenters. The first-order valence-corrected chi connectivity index (χ1v) is 6.79. The molecule has 0 amide bonds. The average molecular weight is 246 g/mol. The molecule has 2 aliphatic rings. The first kappa shape index (κ1) is 12.2. The Morgan fingerprint density at radius 1 is 1.22 bits per heavy atom. The summed E-state index contributed by atoms with van der Waals surface area (Å²) in [5.74, 6) is 0. The van der Waals surface area contributed by atoms with Crippen molar-refractivity contribution in [2.75, 3.05) is 0 Å². The van der Waals surface area contributed by atoms with Gasteiger partial charge in [0.1, 0.15) is 11.2 Å². The summed E-state index contributed by atoms with van der Waals surface area (Å²) >= 11 is 0. The zero-order chi connectivity index (χ0) is 13.2. The highest BCUT2D eigenvalue weighted by Gasteiger charge is 2.74. The van der Waals surface area contributed by atoms with E-state index in [2.05, 4.69) is 45.0 Å². The van der Waals surface area contributed by atoms with Crippen LogP contribution in [0.1, 0.15) is 51.7 Å². The van der Waals surface area contributed by atoms with Crippen LogP contribution in [0, 0.1) is 0 Å². The molecule has 0 aromatic heterocycles. The van der Waals surface area contributed by atoms with Gasteiger partial charge >= 0.3 is 0 Å². The number of hydrogen-bond donors (Lipinski definition) is 1. The Hall–Kier alpha value is -0.860. The molecule has 0 radical (unpaired) electrons. The van der Waals surface area contributed by atoms with Crippen LogP contribution in [-0.4, -0.2) is 16.8 Å². The molecule has 1 heterocycles. The standard InChI is InChI=1S/C16H22O2/c1-14(2,3)11-5-7-12(8-6-11)16-10-9-13(17)15(16,4)18-16/h5-8,13,17H,9-10H2,1-4H3/t13-,15-,16-/m0/s1. The maximum atomic E-state index is 9.98. The zero-order valence-corrected chi connectivity index (χ0v) is 11.7. The van der Waals surface area contributed by atoms with Gasteiger partial charge in [0.15, 0.2) is 0 Å². The monoisotopic (exact) mass is 246 g/mol. The Balaban J connectivity index is 1.92. The van der Waals surface area contributed by atoms with Gasteiger partial charge in [-0.15, -0.1) is 0 Å². The maximum absolute atomic E-state index is 9.98. The summed E-state index contributed by atoms with van der Waals surface area (Å²) < 4.78 is 5.90. The molecule has 1 aliphatic heterocycles. The van der Waals surface area contributed by atoms with Gasteiger partial charge in [-0.3, -0.25) is 0 Å². The van der Waals surface area contributed by atoms with E-state index in [0.717, 1.165) is 12.8 Å². The first-order valence-electron chi connectivity index (χ1n) is 6.79. The molecule has 1 saturated carbocycles. The Morgan fingerprint density at radius 3 is 2.22 bits per heavy atom. The number of rotatable bonds is 1. The van der Waals surface area contributed by atoms with Gasteiger partial charge in [0.05, 0.1) is 6.10 Å². The molecule has 2 fully saturated rings. The minimum absolute atomic E-state index is 0.180. The molecular weight excluding hydrogens is 224 g/mol. The van der Waals surface area contributed by atoms with Crippen LogP contribution in [0.4, 0.5) is 0 Å². The highest BCUT2D eigenvalue weighted by molar-refractivity contribution is 5.39. The van der Waals surface area contributed by atoms with Gasteiger partial charge in [0.25, 0.3) is 0 Å². The van der Waals surface area contributed by atoms with Gasteiger partial charge < -0.3 is 9.84 Å². The lowest BCUT2D eigenvalue weighted by atomic mass is 9.84. The fraction of sp³-hybridized carbons (Fsp3) is 0.625. The number of fused-ring (bicyclic) bond motifs is 1. The number of epoxide rings is 1. The lowest BCUT2D eigenvalue weighted by molar-refractivity contribution is 0.0699. The Bertz CT molecular complexity index is 467. The van der Waals surface area contributed by atoms with E-state index in [-0.39, 0.29) is 22.7 Å². The van der Waals surface area contributed by atoms with Crippen LogP contribution in [0.3, 0.4) is 0 Å². The van der Waals surface area contributed by atoms with Gasteiger partial charge in [0, 0.05) is 0 Å². The molecule has 1 aliphatic carbocycles. The van der Waals surface area contributed by atoms with Crippen LogP contribution < -0.4 is 0 Å². The van der Waals surface area contributed by atoms with Crippen molar-refractivity contribution in [3.05, 3.63) is 35.4 Å². The van der Waals surface area contributed by atoms with E-state index in [0.29, 0.717) is 0 Å². The molecule has 1 N–H and O–H groups in total. The Kier molecular flexibility index (Phi) is 2.28. The molecule has 2 nitrogen and oxygen atoms in total. The third-order valence-electron chi connectivity index (χ3n) is 4.77. The Labute approximate surface area is 109 Å². The molecule has 1 aromatic carbocycles. The van der Waals surface area contributed by atoms with Crippen molar-refractivity contribution < 1.29 is 9.84 Å². The SMILES string of the molecule is CC(C)(C)c1ccc([C@@]23CC[C@H](O)[C@]2(C)O3)cc1. The summed E-state index contributed by atoms with van der Waals surface area (Å²) in [5.41, 5.74) is 2.16. The van der Waals surface area contributed by atoms with Crippen molar-refractivity contribution in [2.45, 2.75) is 63.3 Å². The number of aliphatic hydroxyl groups excluding tert-OH is 1. The summed E-state index contributed by atoms with van der Waals surface area (Å²) in [6.07, 6.45) is 1.46. The number of benzene rings is 1. The molecule has 2 heteroatoms. The minimum Gasteiger partial charge on any atom is -0.390 e. The molecule has 1 aromatic rings. The second kappa shape index (κ2) is 3.37. The molecule has 18 heavy (non-hydrogen) atoms. The molecule has 0 spiro atoms. The summed E-state index contributed by atoms with van der Waals surface area (Å²) in [6.45, 7) is 8.69. The summed E-state index contributed by atoms with van der Waals surface area (Å²) in [7, 11) is 0. The van der Waals surface area contributed by atoms with Crippen molar-refractivity contribution >= 4 is 0 Å². The second-order valence-electron chi connectivity index (χ2n) is 6.92. The third-order valence-corrected chi connectivity index (χ3v) is 4.77. The highest BCUT2D eigenvalue weighted by atomic mass is 16.6. The van der Waals surface area contributed by atoms with Crippen LogP contribution in [0.25, 0.3) is 0 Å². The first-order chi connectivity index (χ1) is 8.30. The quantitative estimate of drug-likeness (QED) is 0.772. The number of ether oxygens (including phenoxy) is 1. The molecule has 1 saturated heterocycles. The fourth-order valence-electron chi connectivity index (χ4n) is 3.32. The van der Waals surface area contributed by atoms with Crippen LogP contribution in [0.5, 0.6) is 0 Å². The van der Waals surface area contributed by atoms with E-state index in [1.165, 1.54) is 11.1 Å². The van der Waals surface area contributed by atoms with Crippen LogP contribution in [-0.2, 0) is 15.8 Å². The molecule has 98 valence electrons. The molecular formula is C16H22O2. The highest BCUT2D eigenvalue weighted by Crippen LogP contribution is 2.65. The van der Waals surface area contributed by atoms with Crippen LogP contribution >= 0.6 is 0 Å². The Morgan fingerprint density at radius 2 is 1.83 bits per heavy atom. The van der Waals surface area contributed by atoms with E-state index in [4.69, 9.17) is 4.74 Å². The second-order valence-corrected chi connectivity index (χ2v) is 6.92. The van der Waals surface area contributed by atoms with E-state index in [1.54, 1.807) is 0 Å². The van der Waals surface area contributed by atoms with Crippen molar-refractivity contribution in [2.24, 2.45) is 0 Å². The van der Waals surface area contributed by atoms with E-state index < -0.39 is 0 Å². The van der Waals surface area contributed by atoms with Gasteiger partial charge in [-0.05, 0) is 36.3 Å². The van der Waals surface area contributed by atoms with Gasteiger partial charge in [-0.1, -0.05) is 45.0 Å². The van der Waals surface area contributed by atoms with Crippen molar-refractivity contribution in [1.29, 1.82) is 0 Å². The van der Waals surface area contributed by atoms with Crippen molar-refractivity contribution in [3.8, 4) is 0 Å². The topological polar surface area (TPSA) is 32.8 Å². The number of aliphatic hydroxyl groups is 1. The summed E-state index contributed by atoms with van der Waals surface area (Å²) in [6, 6.07) is 8.72. The van der Waals surface area contributed by atoms with E-state index in [9.17, 15) is 5.11 Å². The average Bonchev–Trinajstić information content (AvgIpc) is 2.86. The predicted octanol–water partition coefficient (Wildman–Crippen LogP) is 3.12. The summed E-state index contributed by atoms with van der Waals surface area (Å²) in [5, 5.41) is 9.98. The number of hydrogen-bond acceptors (Lipinski definition) is 2. The van der Waals surface area contributed by atoms with Crippen LogP contribution in [0.2, 0.25) is 0 Å². The zero-order valence-electron chi connectivity index (χ0n) is 11.7. The van der Waals surface area contributed by atoms with Crippen LogP contribution in [0.15, 0.2) is 24.3 Å². The maximum Gasteiger partial charge on any atom is 0.125 e. The minimum atomic E-state index is -0.351. The van der Waals surface area contributed by atoms with Crippen molar-refractivity contribution in [3.63, 3.8) is 0 Å². The third kappa shape index (κ3) is 1.42. The smallest absolute Gasteiger partial charge is 0.125 e. The lowest BCUT2D eigenvalue weighted by Crippen LogP contribution is -2.25. The van der Waals surface area contributed by atoms with Crippen molar-refractivity contribution in [1.82, 2.24) is 0 Å². The predicted molar refractivity (Wildman–Crippen MR) is 71.6 cm³/mol. The van der Waals surface area contributed by atoms with Gasteiger partial charge in [-0.25, -0.2) is 0 Å². The van der Waals surface area contributed by atoms with E-state index >= 15 is 0 Å². The normalized spacial score (nSPS) is 38.6. The molecule has 3 rings (SSSR count). The fourth-order valence-corrected chi connectivity index (χ4v) is 3.32. The van der Waals surface area contributed by atoms with E-state index in [1.807, 2.05) is 6.92 Å². The van der Waals surface area contributed by atoms with Gasteiger partial charge in [-0.2, -0.15) is 0 Å². The molecule has 3 atom stereocenters. The summed E-state index contributed by atoms with van der Waals surface area (Å²) in [4.78, 5) is 0. The van der Waals surface area contributed by atoms with Gasteiger partial charge in [0.2, 0.25) is 0 Å². The lowest BCUT2D eigenvalue weighted by Gasteiger charge is -2.20. The largest absolute Gasteiger partial charge is 0.390 e.